The van der Waals surface area contributed by atoms with Crippen LogP contribution in [0.2, 0.25) is 10.0 Å². The average Bonchev–Trinajstić information content (AvgIpc) is 2.40. The third-order valence-corrected chi connectivity index (χ3v) is 5.26. The number of benzene rings is 1. The molecular weight excluding hydrogens is 349 g/mol. The fourth-order valence-electron chi connectivity index (χ4n) is 2.50. The summed E-state index contributed by atoms with van der Waals surface area (Å²) >= 11 is 15.7. The standard InChI is InChI=1S/C14H16BrCl2NO/c1-18(13-5-3-2-4-11(13)15)14(19)10-8-9(16)6-7-12(10)17/h6-8,11,13H,2-5H2,1H3. The first-order valence-corrected chi connectivity index (χ1v) is 8.04. The molecule has 2 atom stereocenters. The number of hydrogen-bond acceptors (Lipinski definition) is 1. The zero-order valence-corrected chi connectivity index (χ0v) is 13.8. The Balaban J connectivity index is 2.20. The second kappa shape index (κ2) is 6.47. The second-order valence-corrected chi connectivity index (χ2v) is 6.93. The molecule has 1 saturated carbocycles. The lowest BCUT2D eigenvalue weighted by Gasteiger charge is -2.35. The highest BCUT2D eigenvalue weighted by molar-refractivity contribution is 9.09. The van der Waals surface area contributed by atoms with Crippen molar-refractivity contribution in [3.05, 3.63) is 33.8 Å². The Morgan fingerprint density at radius 3 is 2.68 bits per heavy atom. The van der Waals surface area contributed by atoms with Gasteiger partial charge in [0, 0.05) is 22.9 Å². The summed E-state index contributed by atoms with van der Waals surface area (Å²) in [5.41, 5.74) is 0.474. The topological polar surface area (TPSA) is 20.3 Å². The van der Waals surface area contributed by atoms with E-state index in [0.717, 1.165) is 19.3 Å². The van der Waals surface area contributed by atoms with Crippen LogP contribution in [0.15, 0.2) is 18.2 Å². The van der Waals surface area contributed by atoms with Crippen molar-refractivity contribution in [2.75, 3.05) is 7.05 Å². The van der Waals surface area contributed by atoms with Crippen LogP contribution in [-0.2, 0) is 0 Å². The molecule has 0 heterocycles. The number of alkyl halides is 1. The van der Waals surface area contributed by atoms with Gasteiger partial charge in [-0.05, 0) is 31.0 Å². The van der Waals surface area contributed by atoms with Crippen LogP contribution in [0, 0.1) is 0 Å². The van der Waals surface area contributed by atoms with Crippen molar-refractivity contribution in [1.82, 2.24) is 4.90 Å². The second-order valence-electron chi connectivity index (χ2n) is 4.91. The van der Waals surface area contributed by atoms with Crippen molar-refractivity contribution in [3.8, 4) is 0 Å². The molecule has 0 saturated heterocycles. The zero-order valence-electron chi connectivity index (χ0n) is 10.7. The molecule has 1 aromatic rings. The van der Waals surface area contributed by atoms with Crippen LogP contribution in [0.1, 0.15) is 36.0 Å². The molecule has 5 heteroatoms. The number of rotatable bonds is 2. The zero-order chi connectivity index (χ0) is 14.0. The maximum Gasteiger partial charge on any atom is 0.255 e. The molecule has 1 aliphatic carbocycles. The molecule has 2 rings (SSSR count). The van der Waals surface area contributed by atoms with Crippen LogP contribution in [0.3, 0.4) is 0 Å². The maximum absolute atomic E-state index is 12.5. The molecule has 0 aliphatic heterocycles. The summed E-state index contributed by atoms with van der Waals surface area (Å²) in [4.78, 5) is 14.7. The Morgan fingerprint density at radius 1 is 1.32 bits per heavy atom. The summed E-state index contributed by atoms with van der Waals surface area (Å²) in [6.07, 6.45) is 4.50. The summed E-state index contributed by atoms with van der Waals surface area (Å²) < 4.78 is 0. The van der Waals surface area contributed by atoms with Crippen LogP contribution in [-0.4, -0.2) is 28.7 Å². The first-order chi connectivity index (χ1) is 9.00. The Morgan fingerprint density at radius 2 is 2.00 bits per heavy atom. The van der Waals surface area contributed by atoms with Crippen molar-refractivity contribution < 1.29 is 4.79 Å². The van der Waals surface area contributed by atoms with Gasteiger partial charge in [-0.25, -0.2) is 0 Å². The molecule has 2 unspecified atom stereocenters. The SMILES string of the molecule is CN(C(=O)c1cc(Cl)ccc1Cl)C1CCCCC1Br. The van der Waals surface area contributed by atoms with E-state index < -0.39 is 0 Å². The molecule has 0 bridgehead atoms. The van der Waals surface area contributed by atoms with Crippen LogP contribution in [0.25, 0.3) is 0 Å². The van der Waals surface area contributed by atoms with E-state index in [-0.39, 0.29) is 11.9 Å². The molecule has 0 spiro atoms. The van der Waals surface area contributed by atoms with Crippen LogP contribution in [0.5, 0.6) is 0 Å². The normalized spacial score (nSPS) is 23.2. The first kappa shape index (κ1) is 15.1. The van der Waals surface area contributed by atoms with E-state index >= 15 is 0 Å². The predicted molar refractivity (Wildman–Crippen MR) is 83.5 cm³/mol. The Labute approximate surface area is 132 Å². The molecule has 1 aromatic carbocycles. The average molecular weight is 365 g/mol. The molecule has 2 nitrogen and oxygen atoms in total. The summed E-state index contributed by atoms with van der Waals surface area (Å²) in [6, 6.07) is 5.21. The van der Waals surface area contributed by atoms with E-state index in [2.05, 4.69) is 15.9 Å². The van der Waals surface area contributed by atoms with E-state index in [0.29, 0.717) is 20.4 Å². The van der Waals surface area contributed by atoms with Gasteiger partial charge in [0.25, 0.3) is 5.91 Å². The number of amides is 1. The molecule has 1 amide bonds. The minimum absolute atomic E-state index is 0.0659. The van der Waals surface area contributed by atoms with Gasteiger partial charge in [-0.15, -0.1) is 0 Å². The number of halogens is 3. The van der Waals surface area contributed by atoms with Crippen LogP contribution >= 0.6 is 39.1 Å². The van der Waals surface area contributed by atoms with Crippen molar-refractivity contribution in [3.63, 3.8) is 0 Å². The van der Waals surface area contributed by atoms with Gasteiger partial charge >= 0.3 is 0 Å². The van der Waals surface area contributed by atoms with Gasteiger partial charge in [-0.1, -0.05) is 52.0 Å². The quantitative estimate of drug-likeness (QED) is 0.692. The highest BCUT2D eigenvalue weighted by Gasteiger charge is 2.30. The molecular formula is C14H16BrCl2NO. The molecule has 1 fully saturated rings. The lowest BCUT2D eigenvalue weighted by atomic mass is 9.94. The van der Waals surface area contributed by atoms with Gasteiger partial charge in [0.15, 0.2) is 0 Å². The number of carbonyl (C=O) groups excluding carboxylic acids is 1. The number of nitrogens with zero attached hydrogens (tertiary/aromatic N) is 1. The van der Waals surface area contributed by atoms with Crippen molar-refractivity contribution in [2.45, 2.75) is 36.6 Å². The number of carbonyl (C=O) groups is 1. The van der Waals surface area contributed by atoms with Gasteiger partial charge in [-0.3, -0.25) is 4.79 Å². The summed E-state index contributed by atoms with van der Waals surface area (Å²) in [6.45, 7) is 0. The van der Waals surface area contributed by atoms with E-state index in [1.807, 2.05) is 7.05 Å². The number of hydrogen-bond donors (Lipinski definition) is 0. The van der Waals surface area contributed by atoms with Crippen molar-refractivity contribution in [2.24, 2.45) is 0 Å². The van der Waals surface area contributed by atoms with Gasteiger partial charge < -0.3 is 4.90 Å². The Bertz CT molecular complexity index is 481. The van der Waals surface area contributed by atoms with Gasteiger partial charge in [-0.2, -0.15) is 0 Å². The fraction of sp³-hybridized carbons (Fsp3) is 0.500. The highest BCUT2D eigenvalue weighted by atomic mass is 79.9. The monoisotopic (exact) mass is 363 g/mol. The van der Waals surface area contributed by atoms with Gasteiger partial charge in [0.2, 0.25) is 0 Å². The molecule has 0 radical (unpaired) electrons. The molecule has 0 aromatic heterocycles. The van der Waals surface area contributed by atoms with Gasteiger partial charge in [0.1, 0.15) is 0 Å². The van der Waals surface area contributed by atoms with Crippen LogP contribution in [0.4, 0.5) is 0 Å². The van der Waals surface area contributed by atoms with Crippen molar-refractivity contribution >= 4 is 45.0 Å². The lowest BCUT2D eigenvalue weighted by molar-refractivity contribution is 0.0705. The minimum atomic E-state index is -0.0659. The van der Waals surface area contributed by atoms with Crippen LogP contribution < -0.4 is 0 Å². The first-order valence-electron chi connectivity index (χ1n) is 6.37. The Hall–Kier alpha value is -0.250. The van der Waals surface area contributed by atoms with Gasteiger partial charge in [0.05, 0.1) is 10.6 Å². The van der Waals surface area contributed by atoms with E-state index in [1.165, 1.54) is 6.42 Å². The molecule has 0 N–H and O–H groups in total. The highest BCUT2D eigenvalue weighted by Crippen LogP contribution is 2.30. The summed E-state index contributed by atoms with van der Waals surface area (Å²) in [5.74, 6) is -0.0659. The maximum atomic E-state index is 12.5. The summed E-state index contributed by atoms with van der Waals surface area (Å²) in [5, 5.41) is 0.975. The minimum Gasteiger partial charge on any atom is -0.338 e. The third-order valence-electron chi connectivity index (χ3n) is 3.62. The third kappa shape index (κ3) is 3.45. The van der Waals surface area contributed by atoms with E-state index in [4.69, 9.17) is 23.2 Å². The molecule has 104 valence electrons. The smallest absolute Gasteiger partial charge is 0.255 e. The predicted octanol–water partition coefficient (Wildman–Crippen LogP) is 4.77. The molecule has 19 heavy (non-hydrogen) atoms. The largest absolute Gasteiger partial charge is 0.338 e. The summed E-state index contributed by atoms with van der Waals surface area (Å²) in [7, 11) is 1.84. The van der Waals surface area contributed by atoms with E-state index in [1.54, 1.807) is 23.1 Å². The lowest BCUT2D eigenvalue weighted by Crippen LogP contribution is -2.44. The molecule has 1 aliphatic rings. The van der Waals surface area contributed by atoms with E-state index in [9.17, 15) is 4.79 Å². The fourth-order valence-corrected chi connectivity index (χ4v) is 3.82. The van der Waals surface area contributed by atoms with Crippen molar-refractivity contribution in [1.29, 1.82) is 0 Å². The Kier molecular flexibility index (Phi) is 5.15.